The maximum atomic E-state index is 12.4. The van der Waals surface area contributed by atoms with Gasteiger partial charge in [0, 0.05) is 19.7 Å². The van der Waals surface area contributed by atoms with Crippen molar-refractivity contribution in [1.82, 2.24) is 4.90 Å². The molecule has 0 fully saturated rings. The van der Waals surface area contributed by atoms with Gasteiger partial charge in [0.2, 0.25) is 5.91 Å². The van der Waals surface area contributed by atoms with Crippen molar-refractivity contribution in [3.05, 3.63) is 0 Å². The fourth-order valence-electron chi connectivity index (χ4n) is 1.81. The predicted molar refractivity (Wildman–Crippen MR) is 70.5 cm³/mol. The molecule has 18 heavy (non-hydrogen) atoms. The maximum absolute atomic E-state index is 12.4. The maximum Gasteiger partial charge on any atom is 0.233 e. The Morgan fingerprint density at radius 1 is 1.39 bits per heavy atom. The standard InChI is InChI=1S/C12H25N3O3/c1-8(2)10(11(13)14-17)12(16)15(9(3)4)6-7-18-5/h8-10,17H,6-7H2,1-5H3,(H2,13,14). The minimum Gasteiger partial charge on any atom is -0.409 e. The third kappa shape index (κ3) is 4.52. The highest BCUT2D eigenvalue weighted by atomic mass is 16.5. The number of hydrogen-bond donors (Lipinski definition) is 2. The minimum atomic E-state index is -0.603. The van der Waals surface area contributed by atoms with E-state index in [1.54, 1.807) is 12.0 Å². The van der Waals surface area contributed by atoms with E-state index in [-0.39, 0.29) is 23.7 Å². The van der Waals surface area contributed by atoms with Crippen LogP contribution in [0.3, 0.4) is 0 Å². The SMILES string of the molecule is COCCN(C(=O)C(C(N)=NO)C(C)C)C(C)C. The third-order valence-electron chi connectivity index (χ3n) is 2.81. The third-order valence-corrected chi connectivity index (χ3v) is 2.81. The van der Waals surface area contributed by atoms with Gasteiger partial charge in [-0.25, -0.2) is 0 Å². The van der Waals surface area contributed by atoms with E-state index in [2.05, 4.69) is 5.16 Å². The number of amides is 1. The van der Waals surface area contributed by atoms with Gasteiger partial charge >= 0.3 is 0 Å². The Bertz CT molecular complexity index is 290. The molecule has 6 heteroatoms. The lowest BCUT2D eigenvalue weighted by molar-refractivity contribution is -0.137. The molecule has 3 N–H and O–H groups in total. The summed E-state index contributed by atoms with van der Waals surface area (Å²) in [6.45, 7) is 8.55. The molecule has 1 amide bonds. The second-order valence-corrected chi connectivity index (χ2v) is 4.86. The van der Waals surface area contributed by atoms with Gasteiger partial charge in [-0.15, -0.1) is 0 Å². The van der Waals surface area contributed by atoms with Crippen LogP contribution in [0.2, 0.25) is 0 Å². The van der Waals surface area contributed by atoms with Gasteiger partial charge in [0.1, 0.15) is 5.92 Å². The molecule has 1 atom stereocenters. The Labute approximate surface area is 109 Å². The lowest BCUT2D eigenvalue weighted by Crippen LogP contribution is -2.48. The monoisotopic (exact) mass is 259 g/mol. The Hall–Kier alpha value is -1.30. The van der Waals surface area contributed by atoms with Gasteiger partial charge in [0.25, 0.3) is 0 Å². The first-order chi connectivity index (χ1) is 8.36. The van der Waals surface area contributed by atoms with E-state index in [0.29, 0.717) is 13.2 Å². The summed E-state index contributed by atoms with van der Waals surface area (Å²) in [7, 11) is 1.59. The lowest BCUT2D eigenvalue weighted by Gasteiger charge is -2.31. The normalized spacial score (nSPS) is 14.1. The van der Waals surface area contributed by atoms with Crippen LogP contribution in [-0.4, -0.2) is 48.2 Å². The van der Waals surface area contributed by atoms with Gasteiger partial charge in [0.15, 0.2) is 5.84 Å². The fraction of sp³-hybridized carbons (Fsp3) is 0.833. The first kappa shape index (κ1) is 16.7. The van der Waals surface area contributed by atoms with Crippen LogP contribution in [-0.2, 0) is 9.53 Å². The number of amidine groups is 1. The van der Waals surface area contributed by atoms with E-state index in [4.69, 9.17) is 15.7 Å². The molecule has 106 valence electrons. The molecule has 0 aromatic heterocycles. The van der Waals surface area contributed by atoms with Gasteiger partial charge in [-0.2, -0.15) is 0 Å². The Morgan fingerprint density at radius 2 is 1.94 bits per heavy atom. The minimum absolute atomic E-state index is 0.0304. The van der Waals surface area contributed by atoms with Crippen LogP contribution in [0.4, 0.5) is 0 Å². The van der Waals surface area contributed by atoms with Gasteiger partial charge in [-0.1, -0.05) is 19.0 Å². The average molecular weight is 259 g/mol. The van der Waals surface area contributed by atoms with Crippen molar-refractivity contribution in [2.24, 2.45) is 22.7 Å². The van der Waals surface area contributed by atoms with Gasteiger partial charge in [0.05, 0.1) is 6.61 Å². The van der Waals surface area contributed by atoms with Crippen LogP contribution in [0, 0.1) is 11.8 Å². The van der Waals surface area contributed by atoms with E-state index in [9.17, 15) is 4.79 Å². The van der Waals surface area contributed by atoms with E-state index in [1.165, 1.54) is 0 Å². The summed E-state index contributed by atoms with van der Waals surface area (Å²) >= 11 is 0. The molecule has 0 radical (unpaired) electrons. The summed E-state index contributed by atoms with van der Waals surface area (Å²) < 4.78 is 4.99. The van der Waals surface area contributed by atoms with Crippen LogP contribution in [0.25, 0.3) is 0 Å². The van der Waals surface area contributed by atoms with Crippen molar-refractivity contribution >= 4 is 11.7 Å². The smallest absolute Gasteiger partial charge is 0.233 e. The second kappa shape index (κ2) is 7.92. The molecule has 0 aliphatic heterocycles. The molecule has 0 aromatic carbocycles. The molecule has 0 aliphatic carbocycles. The number of carbonyl (C=O) groups excluding carboxylic acids is 1. The molecular formula is C12H25N3O3. The number of carbonyl (C=O) groups is 1. The largest absolute Gasteiger partial charge is 0.409 e. The highest BCUT2D eigenvalue weighted by Crippen LogP contribution is 2.16. The van der Waals surface area contributed by atoms with Crippen LogP contribution < -0.4 is 5.73 Å². The molecular weight excluding hydrogens is 234 g/mol. The van der Waals surface area contributed by atoms with E-state index < -0.39 is 5.92 Å². The van der Waals surface area contributed by atoms with Gasteiger partial charge in [-0.3, -0.25) is 4.79 Å². The zero-order chi connectivity index (χ0) is 14.3. The summed E-state index contributed by atoms with van der Waals surface area (Å²) in [5.74, 6) is -0.808. The first-order valence-corrected chi connectivity index (χ1v) is 6.13. The van der Waals surface area contributed by atoms with E-state index >= 15 is 0 Å². The van der Waals surface area contributed by atoms with Crippen molar-refractivity contribution in [1.29, 1.82) is 0 Å². The molecule has 0 saturated carbocycles. The zero-order valence-corrected chi connectivity index (χ0v) is 11.9. The summed E-state index contributed by atoms with van der Waals surface area (Å²) in [6.07, 6.45) is 0. The van der Waals surface area contributed by atoms with Crippen LogP contribution in [0.1, 0.15) is 27.7 Å². The number of oxime groups is 1. The highest BCUT2D eigenvalue weighted by molar-refractivity contribution is 6.02. The molecule has 0 saturated heterocycles. The van der Waals surface area contributed by atoms with Crippen LogP contribution >= 0.6 is 0 Å². The summed E-state index contributed by atoms with van der Waals surface area (Å²) in [5, 5.41) is 11.7. The summed E-state index contributed by atoms with van der Waals surface area (Å²) in [5.41, 5.74) is 5.61. The quantitative estimate of drug-likeness (QED) is 0.307. The fourth-order valence-corrected chi connectivity index (χ4v) is 1.81. The molecule has 0 spiro atoms. The van der Waals surface area contributed by atoms with Gasteiger partial charge < -0.3 is 20.6 Å². The Balaban J connectivity index is 5.01. The van der Waals surface area contributed by atoms with Gasteiger partial charge in [-0.05, 0) is 19.8 Å². The summed E-state index contributed by atoms with van der Waals surface area (Å²) in [4.78, 5) is 14.1. The highest BCUT2D eigenvalue weighted by Gasteiger charge is 2.31. The lowest BCUT2D eigenvalue weighted by atomic mass is 9.92. The topological polar surface area (TPSA) is 88.2 Å². The first-order valence-electron chi connectivity index (χ1n) is 6.13. The molecule has 6 nitrogen and oxygen atoms in total. The number of nitrogens with two attached hydrogens (primary N) is 1. The number of ether oxygens (including phenoxy) is 1. The zero-order valence-electron chi connectivity index (χ0n) is 11.9. The average Bonchev–Trinajstić information content (AvgIpc) is 2.28. The van der Waals surface area contributed by atoms with Crippen LogP contribution in [0.15, 0.2) is 5.16 Å². The second-order valence-electron chi connectivity index (χ2n) is 4.86. The predicted octanol–water partition coefficient (Wildman–Crippen LogP) is 0.888. The molecule has 0 rings (SSSR count). The van der Waals surface area contributed by atoms with Crippen LogP contribution in [0.5, 0.6) is 0 Å². The summed E-state index contributed by atoms with van der Waals surface area (Å²) in [6, 6.07) is 0.0420. The Morgan fingerprint density at radius 3 is 2.28 bits per heavy atom. The molecule has 0 aromatic rings. The van der Waals surface area contributed by atoms with Crippen molar-refractivity contribution in [3.63, 3.8) is 0 Å². The number of hydrogen-bond acceptors (Lipinski definition) is 4. The van der Waals surface area contributed by atoms with Crippen molar-refractivity contribution in [2.45, 2.75) is 33.7 Å². The van der Waals surface area contributed by atoms with Crippen molar-refractivity contribution in [3.8, 4) is 0 Å². The molecule has 0 heterocycles. The molecule has 0 bridgehead atoms. The van der Waals surface area contributed by atoms with Crippen molar-refractivity contribution in [2.75, 3.05) is 20.3 Å². The Kier molecular flexibility index (Phi) is 7.35. The number of nitrogens with zero attached hydrogens (tertiary/aromatic N) is 2. The molecule has 0 aliphatic rings. The number of methoxy groups -OCH3 is 1. The van der Waals surface area contributed by atoms with E-state index in [0.717, 1.165) is 0 Å². The van der Waals surface area contributed by atoms with E-state index in [1.807, 2.05) is 27.7 Å². The molecule has 1 unspecified atom stereocenters. The number of rotatable bonds is 7. The van der Waals surface area contributed by atoms with Crippen molar-refractivity contribution < 1.29 is 14.7 Å².